The van der Waals surface area contributed by atoms with Crippen molar-refractivity contribution in [2.24, 2.45) is 0 Å². The lowest BCUT2D eigenvalue weighted by Crippen LogP contribution is -2.12. The monoisotopic (exact) mass is 254 g/mol. The molecule has 0 aliphatic rings. The third-order valence-electron chi connectivity index (χ3n) is 1.97. The minimum Gasteiger partial charge on any atom is -0.461 e. The molecule has 5 heteroatoms. The number of hydrogen-bond acceptors (Lipinski definition) is 4. The minimum atomic E-state index is -0.807. The first-order valence-electron chi connectivity index (χ1n) is 5.16. The smallest absolute Gasteiger partial charge is 0.302 e. The van der Waals surface area contributed by atoms with Crippen molar-refractivity contribution >= 4 is 25.2 Å². The van der Waals surface area contributed by atoms with Crippen LogP contribution in [0.3, 0.4) is 0 Å². The molecular weight excluding hydrogens is 239 g/mol. The highest BCUT2D eigenvalue weighted by Gasteiger charge is 2.14. The molecule has 1 rings (SSSR count). The van der Waals surface area contributed by atoms with E-state index in [1.165, 1.54) is 13.8 Å². The molecule has 0 N–H and O–H groups in total. The van der Waals surface area contributed by atoms with Gasteiger partial charge in [0.05, 0.1) is 0 Å². The molecule has 92 valence electrons. The van der Waals surface area contributed by atoms with Crippen LogP contribution in [0, 0.1) is 0 Å². The van der Waals surface area contributed by atoms with E-state index in [1.54, 1.807) is 0 Å². The van der Waals surface area contributed by atoms with Gasteiger partial charge in [-0.25, -0.2) is 0 Å². The van der Waals surface area contributed by atoms with Gasteiger partial charge in [0.1, 0.15) is 12.7 Å². The predicted octanol–water partition coefficient (Wildman–Crippen LogP) is 1.83. The Balaban J connectivity index is 2.64. The van der Waals surface area contributed by atoms with Crippen molar-refractivity contribution in [3.8, 4) is 0 Å². The Labute approximate surface area is 102 Å². The molecule has 1 aromatic carbocycles. The van der Waals surface area contributed by atoms with Gasteiger partial charge in [0.15, 0.2) is 0 Å². The van der Waals surface area contributed by atoms with Gasteiger partial charge < -0.3 is 9.47 Å². The van der Waals surface area contributed by atoms with E-state index >= 15 is 0 Å². The average Bonchev–Trinajstić information content (AvgIpc) is 2.29. The van der Waals surface area contributed by atoms with Gasteiger partial charge in [-0.3, -0.25) is 9.59 Å². The van der Waals surface area contributed by atoms with Gasteiger partial charge >= 0.3 is 11.9 Å². The number of ether oxygens (including phenoxy) is 2. The van der Waals surface area contributed by atoms with Crippen molar-refractivity contribution in [2.75, 3.05) is 12.7 Å². The Morgan fingerprint density at radius 3 is 1.88 bits per heavy atom. The van der Waals surface area contributed by atoms with Crippen LogP contribution in [-0.2, 0) is 19.1 Å². The van der Waals surface area contributed by atoms with E-state index < -0.39 is 7.92 Å². The van der Waals surface area contributed by atoms with Crippen LogP contribution in [0.5, 0.6) is 0 Å². The summed E-state index contributed by atoms with van der Waals surface area (Å²) >= 11 is 0. The Bertz CT molecular complexity index is 359. The van der Waals surface area contributed by atoms with Gasteiger partial charge in [0, 0.05) is 21.8 Å². The fourth-order valence-corrected chi connectivity index (χ4v) is 2.80. The Morgan fingerprint density at radius 2 is 1.47 bits per heavy atom. The molecule has 0 bridgehead atoms. The third kappa shape index (κ3) is 5.45. The molecule has 0 saturated carbocycles. The topological polar surface area (TPSA) is 52.6 Å². The van der Waals surface area contributed by atoms with Crippen molar-refractivity contribution in [2.45, 2.75) is 13.8 Å². The lowest BCUT2D eigenvalue weighted by molar-refractivity contribution is -0.138. The zero-order valence-electron chi connectivity index (χ0n) is 9.88. The summed E-state index contributed by atoms with van der Waals surface area (Å²) in [6, 6.07) is 9.62. The fourth-order valence-electron chi connectivity index (χ4n) is 1.16. The van der Waals surface area contributed by atoms with E-state index in [9.17, 15) is 9.59 Å². The first-order valence-corrected chi connectivity index (χ1v) is 6.87. The van der Waals surface area contributed by atoms with Gasteiger partial charge in [-0.1, -0.05) is 30.3 Å². The van der Waals surface area contributed by atoms with Crippen LogP contribution >= 0.6 is 7.92 Å². The van der Waals surface area contributed by atoms with Crippen LogP contribution in [0.1, 0.15) is 13.8 Å². The molecule has 0 unspecified atom stereocenters. The van der Waals surface area contributed by atoms with Crippen LogP contribution in [-0.4, -0.2) is 24.6 Å². The summed E-state index contributed by atoms with van der Waals surface area (Å²) in [5, 5.41) is 1.05. The molecular formula is C12H15O4P. The van der Waals surface area contributed by atoms with Gasteiger partial charge in [0.25, 0.3) is 0 Å². The highest BCUT2D eigenvalue weighted by molar-refractivity contribution is 7.65. The maximum absolute atomic E-state index is 10.8. The third-order valence-corrected chi connectivity index (χ3v) is 3.88. The molecule has 1 aromatic rings. The van der Waals surface area contributed by atoms with Gasteiger partial charge in [-0.05, 0) is 5.30 Å². The van der Waals surface area contributed by atoms with Gasteiger partial charge in [-0.2, -0.15) is 0 Å². The largest absolute Gasteiger partial charge is 0.461 e. The van der Waals surface area contributed by atoms with Crippen LogP contribution in [0.25, 0.3) is 0 Å². The summed E-state index contributed by atoms with van der Waals surface area (Å²) in [6.45, 7) is 2.73. The second-order valence-corrected chi connectivity index (χ2v) is 5.52. The predicted molar refractivity (Wildman–Crippen MR) is 66.3 cm³/mol. The maximum atomic E-state index is 10.8. The zero-order valence-corrected chi connectivity index (χ0v) is 10.8. The molecule has 0 fully saturated rings. The summed E-state index contributed by atoms with van der Waals surface area (Å²) in [5.74, 6) is -0.646. The van der Waals surface area contributed by atoms with Crippen LogP contribution < -0.4 is 5.30 Å². The van der Waals surface area contributed by atoms with Gasteiger partial charge in [-0.15, -0.1) is 0 Å². The number of esters is 2. The van der Waals surface area contributed by atoms with E-state index in [0.717, 1.165) is 5.30 Å². The zero-order chi connectivity index (χ0) is 12.7. The molecule has 4 nitrogen and oxygen atoms in total. The highest BCUT2D eigenvalue weighted by Crippen LogP contribution is 2.34. The molecule has 0 saturated heterocycles. The van der Waals surface area contributed by atoms with Crippen molar-refractivity contribution in [3.05, 3.63) is 30.3 Å². The summed E-state index contributed by atoms with van der Waals surface area (Å²) in [5.41, 5.74) is 0. The van der Waals surface area contributed by atoms with E-state index in [-0.39, 0.29) is 24.6 Å². The SMILES string of the molecule is CC(=O)OCP(COC(C)=O)c1ccccc1. The van der Waals surface area contributed by atoms with Crippen molar-refractivity contribution in [3.63, 3.8) is 0 Å². The fraction of sp³-hybridized carbons (Fsp3) is 0.333. The standard InChI is InChI=1S/C12H15O4P/c1-10(13)15-8-17(9-16-11(2)14)12-6-4-3-5-7-12/h3-7H,8-9H2,1-2H3. The summed E-state index contributed by atoms with van der Waals surface area (Å²) in [7, 11) is -0.807. The van der Waals surface area contributed by atoms with Crippen molar-refractivity contribution in [1.82, 2.24) is 0 Å². The maximum Gasteiger partial charge on any atom is 0.302 e. The number of carbonyl (C=O) groups is 2. The number of carbonyl (C=O) groups excluding carboxylic acids is 2. The molecule has 0 radical (unpaired) electrons. The molecule has 0 aliphatic carbocycles. The molecule has 0 atom stereocenters. The molecule has 0 aromatic heterocycles. The second-order valence-electron chi connectivity index (χ2n) is 3.41. The van der Waals surface area contributed by atoms with E-state index in [1.807, 2.05) is 30.3 Å². The number of hydrogen-bond donors (Lipinski definition) is 0. The number of rotatable bonds is 5. The van der Waals surface area contributed by atoms with Crippen molar-refractivity contribution in [1.29, 1.82) is 0 Å². The Morgan fingerprint density at radius 1 is 1.00 bits per heavy atom. The van der Waals surface area contributed by atoms with E-state index in [0.29, 0.717) is 0 Å². The quantitative estimate of drug-likeness (QED) is 0.594. The second kappa shape index (κ2) is 7.02. The van der Waals surface area contributed by atoms with Crippen LogP contribution in [0.2, 0.25) is 0 Å². The summed E-state index contributed by atoms with van der Waals surface area (Å²) in [4.78, 5) is 21.6. The molecule has 0 aliphatic heterocycles. The molecule has 0 spiro atoms. The van der Waals surface area contributed by atoms with E-state index in [2.05, 4.69) is 0 Å². The molecule has 0 heterocycles. The van der Waals surface area contributed by atoms with Crippen molar-refractivity contribution < 1.29 is 19.1 Å². The summed E-state index contributed by atoms with van der Waals surface area (Å²) < 4.78 is 9.98. The lowest BCUT2D eigenvalue weighted by atomic mass is 10.4. The molecule has 17 heavy (non-hydrogen) atoms. The first-order chi connectivity index (χ1) is 8.09. The Hall–Kier alpha value is -1.41. The summed E-state index contributed by atoms with van der Waals surface area (Å²) in [6.07, 6.45) is 0.559. The van der Waals surface area contributed by atoms with Crippen LogP contribution in [0.15, 0.2) is 30.3 Å². The highest BCUT2D eigenvalue weighted by atomic mass is 31.1. The normalized spacial score (nSPS) is 10.1. The minimum absolute atomic E-state index is 0.280. The first kappa shape index (κ1) is 13.7. The van der Waals surface area contributed by atoms with E-state index in [4.69, 9.17) is 9.47 Å². The van der Waals surface area contributed by atoms with Crippen LogP contribution in [0.4, 0.5) is 0 Å². The average molecular weight is 254 g/mol. The lowest BCUT2D eigenvalue weighted by Gasteiger charge is -2.16. The Kier molecular flexibility index (Phi) is 5.64. The number of benzene rings is 1. The molecule has 0 amide bonds. The van der Waals surface area contributed by atoms with Gasteiger partial charge in [0.2, 0.25) is 0 Å².